The Labute approximate surface area is 135 Å². The zero-order valence-corrected chi connectivity index (χ0v) is 14.6. The number of hydrogen-bond acceptors (Lipinski definition) is 2. The third-order valence-corrected chi connectivity index (χ3v) is 5.35. The SMILES string of the molecule is CC1CCCC(N(C)C(CN)c2cc(Br)ccc2Cl)C1. The highest BCUT2D eigenvalue weighted by molar-refractivity contribution is 9.10. The Morgan fingerprint density at radius 1 is 1.45 bits per heavy atom. The monoisotopic (exact) mass is 358 g/mol. The van der Waals surface area contributed by atoms with Crippen LogP contribution in [0.15, 0.2) is 22.7 Å². The highest BCUT2D eigenvalue weighted by atomic mass is 79.9. The number of nitrogens with zero attached hydrogens (tertiary/aromatic N) is 1. The molecule has 2 rings (SSSR count). The number of hydrogen-bond donors (Lipinski definition) is 1. The van der Waals surface area contributed by atoms with Gasteiger partial charge in [-0.25, -0.2) is 0 Å². The predicted molar refractivity (Wildman–Crippen MR) is 90.1 cm³/mol. The molecule has 112 valence electrons. The molecule has 1 aromatic rings. The van der Waals surface area contributed by atoms with Crippen molar-refractivity contribution >= 4 is 27.5 Å². The molecule has 1 aliphatic rings. The second-order valence-corrected chi connectivity index (χ2v) is 7.33. The Morgan fingerprint density at radius 3 is 2.85 bits per heavy atom. The first-order valence-electron chi connectivity index (χ1n) is 7.40. The summed E-state index contributed by atoms with van der Waals surface area (Å²) in [6.07, 6.45) is 5.20. The van der Waals surface area contributed by atoms with Gasteiger partial charge in [0.2, 0.25) is 0 Å². The van der Waals surface area contributed by atoms with Crippen LogP contribution >= 0.6 is 27.5 Å². The number of nitrogens with two attached hydrogens (primary N) is 1. The molecule has 2 N–H and O–H groups in total. The minimum atomic E-state index is 0.190. The number of likely N-dealkylation sites (N-methyl/N-ethyl adjacent to an activating group) is 1. The molecule has 0 saturated heterocycles. The second kappa shape index (κ2) is 7.26. The van der Waals surface area contributed by atoms with Gasteiger partial charge < -0.3 is 5.73 Å². The molecule has 0 bridgehead atoms. The van der Waals surface area contributed by atoms with Crippen LogP contribution in [0.3, 0.4) is 0 Å². The van der Waals surface area contributed by atoms with Crippen molar-refractivity contribution < 1.29 is 0 Å². The lowest BCUT2D eigenvalue weighted by atomic mass is 9.85. The van der Waals surface area contributed by atoms with Crippen LogP contribution in [-0.2, 0) is 0 Å². The van der Waals surface area contributed by atoms with E-state index in [4.69, 9.17) is 17.3 Å². The van der Waals surface area contributed by atoms with E-state index in [1.165, 1.54) is 25.7 Å². The van der Waals surface area contributed by atoms with Crippen molar-refractivity contribution in [3.05, 3.63) is 33.3 Å². The number of rotatable bonds is 4. The summed E-state index contributed by atoms with van der Waals surface area (Å²) in [5.74, 6) is 0.813. The van der Waals surface area contributed by atoms with Gasteiger partial charge in [-0.1, -0.05) is 47.3 Å². The molecule has 1 fully saturated rings. The van der Waals surface area contributed by atoms with Crippen molar-refractivity contribution in [2.45, 2.75) is 44.7 Å². The third-order valence-electron chi connectivity index (χ3n) is 4.52. The summed E-state index contributed by atoms with van der Waals surface area (Å²) in [4.78, 5) is 2.43. The molecule has 0 spiro atoms. The molecular formula is C16H24BrClN2. The minimum absolute atomic E-state index is 0.190. The highest BCUT2D eigenvalue weighted by Crippen LogP contribution is 2.34. The van der Waals surface area contributed by atoms with Gasteiger partial charge in [0.1, 0.15) is 0 Å². The van der Waals surface area contributed by atoms with Gasteiger partial charge in [0, 0.05) is 28.1 Å². The maximum absolute atomic E-state index is 6.38. The minimum Gasteiger partial charge on any atom is -0.329 e. The van der Waals surface area contributed by atoms with Gasteiger partial charge in [0.15, 0.2) is 0 Å². The van der Waals surface area contributed by atoms with Gasteiger partial charge in [-0.2, -0.15) is 0 Å². The van der Waals surface area contributed by atoms with Crippen molar-refractivity contribution in [3.63, 3.8) is 0 Å². The van der Waals surface area contributed by atoms with Gasteiger partial charge in [-0.15, -0.1) is 0 Å². The standard InChI is InChI=1S/C16H24BrClN2/c1-11-4-3-5-13(8-11)20(2)16(10-19)14-9-12(17)6-7-15(14)18/h6-7,9,11,13,16H,3-5,8,10,19H2,1-2H3. The van der Waals surface area contributed by atoms with Crippen LogP contribution in [0.5, 0.6) is 0 Å². The van der Waals surface area contributed by atoms with Crippen LogP contribution in [0, 0.1) is 5.92 Å². The molecule has 3 atom stereocenters. The fourth-order valence-electron chi connectivity index (χ4n) is 3.31. The molecule has 20 heavy (non-hydrogen) atoms. The molecule has 3 unspecified atom stereocenters. The Balaban J connectivity index is 2.20. The summed E-state index contributed by atoms with van der Waals surface area (Å²) >= 11 is 9.91. The molecule has 0 aliphatic heterocycles. The summed E-state index contributed by atoms with van der Waals surface area (Å²) in [6.45, 7) is 2.95. The molecule has 1 aromatic carbocycles. The third kappa shape index (κ3) is 3.76. The summed E-state index contributed by atoms with van der Waals surface area (Å²) in [7, 11) is 2.19. The average Bonchev–Trinajstić information content (AvgIpc) is 2.43. The van der Waals surface area contributed by atoms with Crippen molar-refractivity contribution in [2.24, 2.45) is 11.7 Å². The molecule has 1 saturated carbocycles. The fourth-order valence-corrected chi connectivity index (χ4v) is 3.93. The Bertz CT molecular complexity index is 452. The first-order valence-corrected chi connectivity index (χ1v) is 8.57. The number of benzene rings is 1. The van der Waals surface area contributed by atoms with Crippen molar-refractivity contribution in [2.75, 3.05) is 13.6 Å². The first-order chi connectivity index (χ1) is 9.52. The molecule has 0 heterocycles. The normalized spacial score (nSPS) is 24.9. The Kier molecular flexibility index (Phi) is 5.91. The molecule has 2 nitrogen and oxygen atoms in total. The van der Waals surface area contributed by atoms with E-state index in [1.807, 2.05) is 12.1 Å². The summed E-state index contributed by atoms with van der Waals surface area (Å²) in [6, 6.07) is 6.82. The summed E-state index contributed by atoms with van der Waals surface area (Å²) < 4.78 is 1.06. The van der Waals surface area contributed by atoms with Crippen LogP contribution in [-0.4, -0.2) is 24.5 Å². The van der Waals surface area contributed by atoms with E-state index in [9.17, 15) is 0 Å². The van der Waals surface area contributed by atoms with Crippen LogP contribution < -0.4 is 5.73 Å². The van der Waals surface area contributed by atoms with Crippen molar-refractivity contribution in [1.82, 2.24) is 4.90 Å². The topological polar surface area (TPSA) is 29.3 Å². The van der Waals surface area contributed by atoms with Gasteiger partial charge in [0.05, 0.1) is 0 Å². The predicted octanol–water partition coefficient (Wildman–Crippen LogP) is 4.61. The van der Waals surface area contributed by atoms with E-state index in [1.54, 1.807) is 0 Å². The Hall–Kier alpha value is -0.0900. The lowest BCUT2D eigenvalue weighted by Gasteiger charge is -2.39. The smallest absolute Gasteiger partial charge is 0.0485 e. The average molecular weight is 360 g/mol. The maximum Gasteiger partial charge on any atom is 0.0485 e. The zero-order valence-electron chi connectivity index (χ0n) is 12.3. The van der Waals surface area contributed by atoms with E-state index < -0.39 is 0 Å². The van der Waals surface area contributed by atoms with E-state index in [-0.39, 0.29) is 6.04 Å². The lowest BCUT2D eigenvalue weighted by Crippen LogP contribution is -2.41. The van der Waals surface area contributed by atoms with Gasteiger partial charge >= 0.3 is 0 Å². The second-order valence-electron chi connectivity index (χ2n) is 6.01. The Morgan fingerprint density at radius 2 is 2.20 bits per heavy atom. The van der Waals surface area contributed by atoms with Gasteiger partial charge in [0.25, 0.3) is 0 Å². The quantitative estimate of drug-likeness (QED) is 0.850. The van der Waals surface area contributed by atoms with Crippen molar-refractivity contribution in [1.29, 1.82) is 0 Å². The van der Waals surface area contributed by atoms with Gasteiger partial charge in [-0.3, -0.25) is 4.90 Å². The fraction of sp³-hybridized carbons (Fsp3) is 0.625. The number of halogens is 2. The molecule has 0 radical (unpaired) electrons. The summed E-state index contributed by atoms with van der Waals surface area (Å²) in [5.41, 5.74) is 7.18. The summed E-state index contributed by atoms with van der Waals surface area (Å²) in [5, 5.41) is 0.805. The van der Waals surface area contributed by atoms with Gasteiger partial charge in [-0.05, 0) is 49.6 Å². The van der Waals surface area contributed by atoms with E-state index in [0.29, 0.717) is 12.6 Å². The molecule has 1 aliphatic carbocycles. The van der Waals surface area contributed by atoms with E-state index in [2.05, 4.69) is 40.9 Å². The lowest BCUT2D eigenvalue weighted by molar-refractivity contribution is 0.121. The van der Waals surface area contributed by atoms with E-state index >= 15 is 0 Å². The largest absolute Gasteiger partial charge is 0.329 e. The zero-order chi connectivity index (χ0) is 14.7. The molecule has 4 heteroatoms. The molecular weight excluding hydrogens is 336 g/mol. The maximum atomic E-state index is 6.38. The van der Waals surface area contributed by atoms with E-state index in [0.717, 1.165) is 21.0 Å². The highest BCUT2D eigenvalue weighted by Gasteiger charge is 2.28. The van der Waals surface area contributed by atoms with Crippen molar-refractivity contribution in [3.8, 4) is 0 Å². The van der Waals surface area contributed by atoms with Crippen LogP contribution in [0.4, 0.5) is 0 Å². The first kappa shape index (κ1) is 16.3. The van der Waals surface area contributed by atoms with Crippen LogP contribution in [0.2, 0.25) is 5.02 Å². The van der Waals surface area contributed by atoms with Crippen LogP contribution in [0.1, 0.15) is 44.2 Å². The molecule has 0 aromatic heterocycles. The molecule has 0 amide bonds. The van der Waals surface area contributed by atoms with Crippen LogP contribution in [0.25, 0.3) is 0 Å².